The van der Waals surface area contributed by atoms with Crippen LogP contribution in [0.3, 0.4) is 0 Å². The van der Waals surface area contributed by atoms with Crippen molar-refractivity contribution >= 4 is 27.8 Å². The average molecular weight is 318 g/mol. The van der Waals surface area contributed by atoms with E-state index >= 15 is 0 Å². The van der Waals surface area contributed by atoms with Crippen molar-refractivity contribution in [1.82, 2.24) is 5.32 Å². The maximum Gasteiger partial charge on any atom is 0.326 e. The molecule has 0 spiro atoms. The Morgan fingerprint density at radius 1 is 1.50 bits per heavy atom. The first kappa shape index (κ1) is 14.6. The van der Waals surface area contributed by atoms with E-state index in [-0.39, 0.29) is 6.42 Å². The summed E-state index contributed by atoms with van der Waals surface area (Å²) in [6.07, 6.45) is 0.230. The maximum atomic E-state index is 13.0. The molecule has 0 radical (unpaired) electrons. The van der Waals surface area contributed by atoms with E-state index in [1.54, 1.807) is 6.92 Å². The van der Waals surface area contributed by atoms with Gasteiger partial charge in [-0.2, -0.15) is 0 Å². The van der Waals surface area contributed by atoms with Crippen LogP contribution in [0.4, 0.5) is 4.39 Å². The smallest absolute Gasteiger partial charge is 0.326 e. The van der Waals surface area contributed by atoms with E-state index in [1.807, 2.05) is 0 Å². The van der Waals surface area contributed by atoms with Gasteiger partial charge in [0.05, 0.1) is 6.42 Å². The first-order valence-corrected chi connectivity index (χ1v) is 6.19. The highest BCUT2D eigenvalue weighted by atomic mass is 79.9. The van der Waals surface area contributed by atoms with Crippen LogP contribution in [0.25, 0.3) is 0 Å². The monoisotopic (exact) mass is 317 g/mol. The van der Waals surface area contributed by atoms with Crippen LogP contribution < -0.4 is 5.32 Å². The van der Waals surface area contributed by atoms with Crippen LogP contribution in [0, 0.1) is 5.82 Å². The minimum atomic E-state index is -1.08. The molecule has 18 heavy (non-hydrogen) atoms. The largest absolute Gasteiger partial charge is 0.480 e. The molecule has 1 aromatic rings. The fraction of sp³-hybridized carbons (Fsp3) is 0.333. The van der Waals surface area contributed by atoms with Gasteiger partial charge in [-0.25, -0.2) is 9.18 Å². The van der Waals surface area contributed by atoms with E-state index in [9.17, 15) is 14.0 Å². The topological polar surface area (TPSA) is 66.4 Å². The molecule has 0 bridgehead atoms. The predicted octanol–water partition coefficient (Wildman–Crippen LogP) is 2.11. The molecule has 0 aliphatic rings. The van der Waals surface area contributed by atoms with Crippen molar-refractivity contribution in [2.45, 2.75) is 25.8 Å². The summed E-state index contributed by atoms with van der Waals surface area (Å²) in [6.45, 7) is 1.66. The number of hydrogen-bond acceptors (Lipinski definition) is 2. The highest BCUT2D eigenvalue weighted by Crippen LogP contribution is 2.18. The van der Waals surface area contributed by atoms with Crippen LogP contribution in [-0.2, 0) is 16.0 Å². The van der Waals surface area contributed by atoms with E-state index in [0.29, 0.717) is 16.5 Å². The van der Waals surface area contributed by atoms with Crippen molar-refractivity contribution in [3.63, 3.8) is 0 Å². The van der Waals surface area contributed by atoms with E-state index < -0.39 is 23.7 Å². The first-order chi connectivity index (χ1) is 8.43. The standard InChI is InChI=1S/C12H13BrFNO3/c1-2-10(12(17)18)15-11(16)6-7-5-8(14)3-4-9(7)13/h3-5,10H,2,6H2,1H3,(H,15,16)(H,17,18). The zero-order valence-electron chi connectivity index (χ0n) is 9.74. The summed E-state index contributed by atoms with van der Waals surface area (Å²) < 4.78 is 13.6. The quantitative estimate of drug-likeness (QED) is 0.874. The number of rotatable bonds is 5. The summed E-state index contributed by atoms with van der Waals surface area (Å²) >= 11 is 3.21. The molecule has 0 aromatic heterocycles. The zero-order valence-corrected chi connectivity index (χ0v) is 11.3. The fourth-order valence-electron chi connectivity index (χ4n) is 1.44. The van der Waals surface area contributed by atoms with Crippen molar-refractivity contribution in [3.8, 4) is 0 Å². The van der Waals surface area contributed by atoms with Gasteiger partial charge in [-0.15, -0.1) is 0 Å². The number of hydrogen-bond donors (Lipinski definition) is 2. The Bertz CT molecular complexity index is 465. The number of carbonyl (C=O) groups is 2. The summed E-state index contributed by atoms with van der Waals surface area (Å²) in [5.74, 6) is -1.97. The maximum absolute atomic E-state index is 13.0. The summed E-state index contributed by atoms with van der Waals surface area (Å²) in [7, 11) is 0. The lowest BCUT2D eigenvalue weighted by Crippen LogP contribution is -2.41. The lowest BCUT2D eigenvalue weighted by atomic mass is 10.1. The summed E-state index contributed by atoms with van der Waals surface area (Å²) in [5, 5.41) is 11.2. The number of carboxylic acid groups (broad SMARTS) is 1. The number of carbonyl (C=O) groups excluding carboxylic acids is 1. The predicted molar refractivity (Wildman–Crippen MR) is 67.7 cm³/mol. The molecule has 0 fully saturated rings. The van der Waals surface area contributed by atoms with Crippen LogP contribution in [0.15, 0.2) is 22.7 Å². The highest BCUT2D eigenvalue weighted by Gasteiger charge is 2.18. The Balaban J connectivity index is 2.70. The Hall–Kier alpha value is -1.43. The molecule has 0 saturated heterocycles. The van der Waals surface area contributed by atoms with Crippen molar-refractivity contribution < 1.29 is 19.1 Å². The number of amides is 1. The van der Waals surface area contributed by atoms with Gasteiger partial charge in [-0.1, -0.05) is 22.9 Å². The molecule has 1 amide bonds. The molecule has 0 aliphatic heterocycles. The zero-order chi connectivity index (χ0) is 13.7. The third-order valence-electron chi connectivity index (χ3n) is 2.40. The van der Waals surface area contributed by atoms with Crippen LogP contribution in [0.5, 0.6) is 0 Å². The van der Waals surface area contributed by atoms with Crippen molar-refractivity contribution in [1.29, 1.82) is 0 Å². The SMILES string of the molecule is CCC(NC(=O)Cc1cc(F)ccc1Br)C(=O)O. The van der Waals surface area contributed by atoms with E-state index in [1.165, 1.54) is 18.2 Å². The fourth-order valence-corrected chi connectivity index (χ4v) is 1.82. The molecule has 2 N–H and O–H groups in total. The molecule has 98 valence electrons. The van der Waals surface area contributed by atoms with Gasteiger partial charge < -0.3 is 10.4 Å². The van der Waals surface area contributed by atoms with E-state index in [2.05, 4.69) is 21.2 Å². The van der Waals surface area contributed by atoms with Crippen molar-refractivity contribution in [2.75, 3.05) is 0 Å². The van der Waals surface area contributed by atoms with Gasteiger partial charge in [-0.3, -0.25) is 4.79 Å². The summed E-state index contributed by atoms with van der Waals surface area (Å²) in [4.78, 5) is 22.4. The number of benzene rings is 1. The minimum Gasteiger partial charge on any atom is -0.480 e. The normalized spacial score (nSPS) is 11.9. The molecule has 1 rings (SSSR count). The average Bonchev–Trinajstić information content (AvgIpc) is 2.30. The number of nitrogens with one attached hydrogen (secondary N) is 1. The van der Waals surface area contributed by atoms with Gasteiger partial charge in [0.2, 0.25) is 5.91 Å². The van der Waals surface area contributed by atoms with Gasteiger partial charge >= 0.3 is 5.97 Å². The second-order valence-electron chi connectivity index (χ2n) is 3.78. The minimum absolute atomic E-state index is 0.0673. The molecule has 6 heteroatoms. The van der Waals surface area contributed by atoms with Crippen LogP contribution in [0.2, 0.25) is 0 Å². The molecule has 0 saturated carbocycles. The Kier molecular flexibility index (Phi) is 5.27. The Labute approximate surface area is 112 Å². The van der Waals surface area contributed by atoms with Gasteiger partial charge in [-0.05, 0) is 30.2 Å². The second kappa shape index (κ2) is 6.49. The third kappa shape index (κ3) is 4.10. The second-order valence-corrected chi connectivity index (χ2v) is 4.63. The van der Waals surface area contributed by atoms with Crippen LogP contribution >= 0.6 is 15.9 Å². The van der Waals surface area contributed by atoms with Crippen LogP contribution in [-0.4, -0.2) is 23.0 Å². The van der Waals surface area contributed by atoms with E-state index in [0.717, 1.165) is 0 Å². The van der Waals surface area contributed by atoms with Gasteiger partial charge in [0, 0.05) is 4.47 Å². The van der Waals surface area contributed by atoms with Gasteiger partial charge in [0.1, 0.15) is 11.9 Å². The first-order valence-electron chi connectivity index (χ1n) is 5.40. The lowest BCUT2D eigenvalue weighted by Gasteiger charge is -2.12. The molecule has 1 atom stereocenters. The van der Waals surface area contributed by atoms with Gasteiger partial charge in [0.25, 0.3) is 0 Å². The molecule has 1 unspecified atom stereocenters. The number of carboxylic acids is 1. The molecule has 1 aromatic carbocycles. The molecule has 0 heterocycles. The Morgan fingerprint density at radius 3 is 2.72 bits per heavy atom. The lowest BCUT2D eigenvalue weighted by molar-refractivity contribution is -0.141. The molecular weight excluding hydrogens is 305 g/mol. The van der Waals surface area contributed by atoms with Crippen LogP contribution in [0.1, 0.15) is 18.9 Å². The van der Waals surface area contributed by atoms with Crippen molar-refractivity contribution in [2.24, 2.45) is 0 Å². The molecule has 0 aliphatic carbocycles. The Morgan fingerprint density at radius 2 is 2.17 bits per heavy atom. The van der Waals surface area contributed by atoms with Crippen molar-refractivity contribution in [3.05, 3.63) is 34.1 Å². The summed E-state index contributed by atoms with van der Waals surface area (Å²) in [5.41, 5.74) is 0.479. The summed E-state index contributed by atoms with van der Waals surface area (Å²) in [6, 6.07) is 3.11. The number of halogens is 2. The highest BCUT2D eigenvalue weighted by molar-refractivity contribution is 9.10. The molecular formula is C12H13BrFNO3. The molecule has 4 nitrogen and oxygen atoms in total. The van der Waals surface area contributed by atoms with Gasteiger partial charge in [0.15, 0.2) is 0 Å². The third-order valence-corrected chi connectivity index (χ3v) is 3.17. The van der Waals surface area contributed by atoms with E-state index in [4.69, 9.17) is 5.11 Å². The number of aliphatic carboxylic acids is 1.